The molecule has 3 aromatic heterocycles. The van der Waals surface area contributed by atoms with Gasteiger partial charge in [0.25, 0.3) is 0 Å². The van der Waals surface area contributed by atoms with Crippen LogP contribution in [0.5, 0.6) is 0 Å². The summed E-state index contributed by atoms with van der Waals surface area (Å²) in [5, 5.41) is 13.4. The number of carbonyl (C=O) groups is 1. The molecule has 4 aromatic rings. The van der Waals surface area contributed by atoms with Crippen LogP contribution in [0.4, 0.5) is 14.9 Å². The predicted octanol–water partition coefficient (Wildman–Crippen LogP) is 2.91. The van der Waals surface area contributed by atoms with Crippen molar-refractivity contribution in [2.75, 3.05) is 5.32 Å². The van der Waals surface area contributed by atoms with Crippen LogP contribution in [-0.2, 0) is 6.54 Å². The van der Waals surface area contributed by atoms with E-state index in [0.29, 0.717) is 17.2 Å². The lowest BCUT2D eigenvalue weighted by Crippen LogP contribution is -2.28. The monoisotopic (exact) mass is 377 g/mol. The average Bonchev–Trinajstić information content (AvgIpc) is 3.41. The molecule has 140 valence electrons. The summed E-state index contributed by atoms with van der Waals surface area (Å²) >= 11 is 0. The van der Waals surface area contributed by atoms with Crippen molar-refractivity contribution in [1.82, 2.24) is 29.9 Å². The summed E-state index contributed by atoms with van der Waals surface area (Å²) in [5.74, 6) is 0.200. The number of nitrogens with one attached hydrogen (secondary N) is 2. The third kappa shape index (κ3) is 3.88. The molecule has 0 saturated carbocycles. The van der Waals surface area contributed by atoms with E-state index in [1.54, 1.807) is 53.9 Å². The topological polar surface area (TPSA) is 89.7 Å². The molecule has 9 heteroatoms. The van der Waals surface area contributed by atoms with Crippen LogP contribution in [0.3, 0.4) is 0 Å². The molecule has 0 fully saturated rings. The molecule has 0 spiro atoms. The molecule has 8 nitrogen and oxygen atoms in total. The average molecular weight is 377 g/mol. The first-order chi connectivity index (χ1) is 13.7. The van der Waals surface area contributed by atoms with Crippen LogP contribution in [0.15, 0.2) is 73.4 Å². The second kappa shape index (κ2) is 7.70. The van der Waals surface area contributed by atoms with Gasteiger partial charge in [-0.3, -0.25) is 0 Å². The van der Waals surface area contributed by atoms with Crippen LogP contribution in [0, 0.1) is 5.82 Å². The third-order valence-electron chi connectivity index (χ3n) is 3.96. The van der Waals surface area contributed by atoms with E-state index in [9.17, 15) is 9.18 Å². The fourth-order valence-corrected chi connectivity index (χ4v) is 2.60. The van der Waals surface area contributed by atoms with Gasteiger partial charge < -0.3 is 10.6 Å². The molecule has 0 aliphatic carbocycles. The minimum absolute atomic E-state index is 0.284. The number of urea groups is 1. The number of hydrogen-bond donors (Lipinski definition) is 2. The number of halogens is 1. The Hall–Kier alpha value is -4.01. The highest BCUT2D eigenvalue weighted by Gasteiger charge is 2.08. The van der Waals surface area contributed by atoms with Gasteiger partial charge in [-0.2, -0.15) is 10.2 Å². The van der Waals surface area contributed by atoms with E-state index in [2.05, 4.69) is 25.8 Å². The third-order valence-corrected chi connectivity index (χ3v) is 3.96. The maximum absolute atomic E-state index is 14.2. The van der Waals surface area contributed by atoms with E-state index in [1.807, 2.05) is 18.2 Å². The zero-order chi connectivity index (χ0) is 19.3. The van der Waals surface area contributed by atoms with Crippen molar-refractivity contribution in [3.8, 4) is 11.5 Å². The number of pyridine rings is 1. The first kappa shape index (κ1) is 17.4. The van der Waals surface area contributed by atoms with Crippen LogP contribution < -0.4 is 10.6 Å². The van der Waals surface area contributed by atoms with E-state index in [0.717, 1.165) is 5.56 Å². The Bertz CT molecular complexity index is 1060. The zero-order valence-electron chi connectivity index (χ0n) is 14.7. The van der Waals surface area contributed by atoms with Gasteiger partial charge in [-0.15, -0.1) is 0 Å². The molecule has 4 rings (SSSR count). The summed E-state index contributed by atoms with van der Waals surface area (Å²) < 4.78 is 17.3. The summed E-state index contributed by atoms with van der Waals surface area (Å²) in [7, 11) is 0. The summed E-state index contributed by atoms with van der Waals surface area (Å²) in [6.45, 7) is 0.284. The zero-order valence-corrected chi connectivity index (χ0v) is 14.7. The summed E-state index contributed by atoms with van der Waals surface area (Å²) in [5.41, 5.74) is 1.48. The molecule has 3 heterocycles. The maximum Gasteiger partial charge on any atom is 0.319 e. The molecule has 28 heavy (non-hydrogen) atoms. The van der Waals surface area contributed by atoms with Crippen molar-refractivity contribution in [2.45, 2.75) is 6.54 Å². The molecule has 1 aromatic carbocycles. The lowest BCUT2D eigenvalue weighted by molar-refractivity contribution is 0.251. The summed E-state index contributed by atoms with van der Waals surface area (Å²) in [6.07, 6.45) is 8.34. The molecule has 0 unspecified atom stereocenters. The van der Waals surface area contributed by atoms with Gasteiger partial charge in [0.05, 0.1) is 0 Å². The number of carbonyl (C=O) groups excluding carboxylic acids is 1. The normalized spacial score (nSPS) is 10.6. The molecule has 0 aliphatic rings. The SMILES string of the molecule is O=C(NCc1ccc(-n2cccn2)nc1)Nc1ccc(-n2cccn2)c(F)c1. The van der Waals surface area contributed by atoms with Crippen molar-refractivity contribution in [3.05, 3.63) is 84.8 Å². The number of rotatable bonds is 5. The number of hydrogen-bond acceptors (Lipinski definition) is 4. The van der Waals surface area contributed by atoms with Gasteiger partial charge in [0.2, 0.25) is 0 Å². The molecular weight excluding hydrogens is 361 g/mol. The molecule has 2 N–H and O–H groups in total. The molecular formula is C19H16FN7O. The lowest BCUT2D eigenvalue weighted by atomic mass is 10.2. The highest BCUT2D eigenvalue weighted by molar-refractivity contribution is 5.89. The number of aromatic nitrogens is 5. The first-order valence-electron chi connectivity index (χ1n) is 8.48. The predicted molar refractivity (Wildman–Crippen MR) is 101 cm³/mol. The van der Waals surface area contributed by atoms with Crippen molar-refractivity contribution in [1.29, 1.82) is 0 Å². The van der Waals surface area contributed by atoms with Gasteiger partial charge in [-0.1, -0.05) is 6.07 Å². The quantitative estimate of drug-likeness (QED) is 0.560. The second-order valence-electron chi connectivity index (χ2n) is 5.90. The van der Waals surface area contributed by atoms with E-state index >= 15 is 0 Å². The van der Waals surface area contributed by atoms with Crippen molar-refractivity contribution in [3.63, 3.8) is 0 Å². The Morgan fingerprint density at radius 1 is 1.04 bits per heavy atom. The number of nitrogens with zero attached hydrogens (tertiary/aromatic N) is 5. The van der Waals surface area contributed by atoms with Gasteiger partial charge in [0.1, 0.15) is 5.69 Å². The van der Waals surface area contributed by atoms with Gasteiger partial charge in [-0.05, 0) is 42.0 Å². The Morgan fingerprint density at radius 2 is 1.82 bits per heavy atom. The van der Waals surface area contributed by atoms with Gasteiger partial charge in [0, 0.05) is 43.2 Å². The van der Waals surface area contributed by atoms with Crippen LogP contribution in [0.1, 0.15) is 5.56 Å². The lowest BCUT2D eigenvalue weighted by Gasteiger charge is -2.10. The summed E-state index contributed by atoms with van der Waals surface area (Å²) in [4.78, 5) is 16.4. The van der Waals surface area contributed by atoms with Crippen molar-refractivity contribution in [2.24, 2.45) is 0 Å². The minimum Gasteiger partial charge on any atom is -0.334 e. The Morgan fingerprint density at radius 3 is 2.46 bits per heavy atom. The minimum atomic E-state index is -0.486. The Kier molecular flexibility index (Phi) is 4.79. The second-order valence-corrected chi connectivity index (χ2v) is 5.90. The van der Waals surface area contributed by atoms with Crippen LogP contribution in [-0.4, -0.2) is 30.6 Å². The van der Waals surface area contributed by atoms with Crippen molar-refractivity contribution >= 4 is 11.7 Å². The van der Waals surface area contributed by atoms with E-state index in [1.165, 1.54) is 10.7 Å². The van der Waals surface area contributed by atoms with E-state index in [-0.39, 0.29) is 6.54 Å². The maximum atomic E-state index is 14.2. The van der Waals surface area contributed by atoms with Crippen LogP contribution in [0.25, 0.3) is 11.5 Å². The summed E-state index contributed by atoms with van der Waals surface area (Å²) in [6, 6.07) is 11.1. The smallest absolute Gasteiger partial charge is 0.319 e. The highest BCUT2D eigenvalue weighted by atomic mass is 19.1. The number of amides is 2. The molecule has 0 atom stereocenters. The van der Waals surface area contributed by atoms with Crippen LogP contribution >= 0.6 is 0 Å². The number of benzene rings is 1. The fraction of sp³-hybridized carbons (Fsp3) is 0.0526. The largest absolute Gasteiger partial charge is 0.334 e. The molecule has 0 saturated heterocycles. The Labute approximate surface area is 159 Å². The van der Waals surface area contributed by atoms with Gasteiger partial charge in [-0.25, -0.2) is 23.5 Å². The van der Waals surface area contributed by atoms with E-state index < -0.39 is 11.8 Å². The molecule has 2 amide bonds. The fourth-order valence-electron chi connectivity index (χ4n) is 2.60. The van der Waals surface area contributed by atoms with Crippen molar-refractivity contribution < 1.29 is 9.18 Å². The number of anilines is 1. The molecule has 0 bridgehead atoms. The Balaban J connectivity index is 1.34. The van der Waals surface area contributed by atoms with E-state index in [4.69, 9.17) is 0 Å². The molecule has 0 radical (unpaired) electrons. The van der Waals surface area contributed by atoms with Crippen LogP contribution in [0.2, 0.25) is 0 Å². The highest BCUT2D eigenvalue weighted by Crippen LogP contribution is 2.17. The standard InChI is InChI=1S/C19H16FN7O/c20-16-11-15(4-5-17(16)26-9-1-7-23-26)25-19(28)22-13-14-3-6-18(21-12-14)27-10-2-8-24-27/h1-12H,13H2,(H2,22,25,28). The van der Waals surface area contributed by atoms with Gasteiger partial charge >= 0.3 is 6.03 Å². The van der Waals surface area contributed by atoms with Gasteiger partial charge in [0.15, 0.2) is 11.6 Å². The first-order valence-corrected chi connectivity index (χ1v) is 8.48. The molecule has 0 aliphatic heterocycles.